The molecule has 6 atom stereocenters. The van der Waals surface area contributed by atoms with Crippen molar-refractivity contribution in [3.8, 4) is 5.75 Å². The highest BCUT2D eigenvalue weighted by molar-refractivity contribution is 7.52. The minimum Gasteiger partial charge on any atom is -0.462 e. The molecule has 1 fully saturated rings. The van der Waals surface area contributed by atoms with Crippen molar-refractivity contribution < 1.29 is 45.6 Å². The Morgan fingerprint density at radius 3 is 2.69 bits per heavy atom. The van der Waals surface area contributed by atoms with Gasteiger partial charge >= 0.3 is 19.4 Å². The number of hydrogen-bond acceptors (Lipinski definition) is 9. The van der Waals surface area contributed by atoms with Crippen molar-refractivity contribution in [1.82, 2.24) is 14.6 Å². The molecular formula is C22H29FN3O9P. The summed E-state index contributed by atoms with van der Waals surface area (Å²) in [6, 6.07) is 6.65. The Kier molecular flexibility index (Phi) is 6.22. The summed E-state index contributed by atoms with van der Waals surface area (Å²) in [5, 5.41) is 12.8. The number of rotatable bonds is 10. The number of aromatic nitrogens is 2. The van der Waals surface area contributed by atoms with Crippen molar-refractivity contribution in [3.63, 3.8) is 0 Å². The maximum absolute atomic E-state index is 15.5. The zero-order valence-electron chi connectivity index (χ0n) is 25.1. The summed E-state index contributed by atoms with van der Waals surface area (Å²) in [5.74, 6) is -1.45. The van der Waals surface area contributed by atoms with Crippen LogP contribution in [0.1, 0.15) is 42.0 Å². The van der Waals surface area contributed by atoms with Gasteiger partial charge in [-0.15, -0.1) is 0 Å². The van der Waals surface area contributed by atoms with E-state index < -0.39 is 81.5 Å². The number of aromatic amines is 1. The van der Waals surface area contributed by atoms with Crippen molar-refractivity contribution in [3.05, 3.63) is 63.4 Å². The van der Waals surface area contributed by atoms with Crippen LogP contribution in [-0.4, -0.2) is 57.3 Å². The van der Waals surface area contributed by atoms with Crippen LogP contribution in [0.15, 0.2) is 52.2 Å². The molecule has 2 heterocycles. The normalized spacial score (nSPS) is 29.5. The third-order valence-electron chi connectivity index (χ3n) is 5.14. The second-order valence-electron chi connectivity index (χ2n) is 8.01. The summed E-state index contributed by atoms with van der Waals surface area (Å²) in [7, 11) is -4.67. The van der Waals surface area contributed by atoms with Gasteiger partial charge in [-0.1, -0.05) is 18.2 Å². The number of carbonyl (C=O) groups is 1. The van der Waals surface area contributed by atoms with Gasteiger partial charge in [0.05, 0.1) is 12.7 Å². The largest absolute Gasteiger partial charge is 0.462 e. The molecule has 1 saturated heterocycles. The number of esters is 1. The van der Waals surface area contributed by atoms with Gasteiger partial charge in [0, 0.05) is 20.5 Å². The molecule has 1 aliphatic heterocycles. The number of carbonyl (C=O) groups excluding carboxylic acids is 1. The third kappa shape index (κ3) is 6.48. The van der Waals surface area contributed by atoms with Crippen LogP contribution in [0.2, 0.25) is 0 Å². The molecule has 0 radical (unpaired) electrons. The molecular weight excluding hydrogens is 500 g/mol. The Labute approximate surface area is 214 Å². The molecule has 0 saturated carbocycles. The number of alkyl halides is 1. The van der Waals surface area contributed by atoms with Gasteiger partial charge in [-0.25, -0.2) is 13.8 Å². The predicted molar refractivity (Wildman–Crippen MR) is 125 cm³/mol. The van der Waals surface area contributed by atoms with Crippen LogP contribution in [0.5, 0.6) is 5.75 Å². The van der Waals surface area contributed by atoms with Crippen molar-refractivity contribution >= 4 is 13.7 Å². The maximum atomic E-state index is 15.5. The number of ether oxygens (including phenoxy) is 2. The summed E-state index contributed by atoms with van der Waals surface area (Å²) >= 11 is 0. The number of benzene rings is 1. The topological polar surface area (TPSA) is 158 Å². The van der Waals surface area contributed by atoms with E-state index >= 15 is 4.39 Å². The molecule has 0 spiro atoms. The molecule has 12 nitrogen and oxygen atoms in total. The summed E-state index contributed by atoms with van der Waals surface area (Å²) in [6.07, 6.45) is -6.78. The Morgan fingerprint density at radius 1 is 1.36 bits per heavy atom. The van der Waals surface area contributed by atoms with Crippen LogP contribution in [0.25, 0.3) is 0 Å². The highest BCUT2D eigenvalue weighted by Gasteiger charge is 2.55. The van der Waals surface area contributed by atoms with Crippen LogP contribution in [0.3, 0.4) is 0 Å². The average molecular weight is 535 g/mol. The molecule has 3 N–H and O–H groups in total. The third-order valence-corrected chi connectivity index (χ3v) is 6.78. The standard InChI is InChI=1S/C22H29FN3O9P/c1-13(2)33-19(29)14(3)25-36(31,35-15-8-6-5-7-9-15)32-12-16-18(28)22(4,23)20(34-16)26-11-10-17(27)24-21(26)30/h5-11,13-14,16,18,20,28H,12H2,1-4H3,(H,25,31)(H,24,27,30)/t14-,16+,18+,20+,22+,36-/m0/s1/i1D3,2D3. The monoisotopic (exact) mass is 535 g/mol. The number of aliphatic hydroxyl groups is 1. The Balaban J connectivity index is 1.82. The second kappa shape index (κ2) is 11.1. The van der Waals surface area contributed by atoms with E-state index in [9.17, 15) is 24.1 Å². The number of halogens is 1. The van der Waals surface area contributed by atoms with Gasteiger partial charge in [0.1, 0.15) is 24.0 Å². The van der Waals surface area contributed by atoms with E-state index in [2.05, 4.69) is 5.09 Å². The first kappa shape index (κ1) is 20.3. The molecule has 0 aliphatic carbocycles. The van der Waals surface area contributed by atoms with Crippen molar-refractivity contribution in [2.75, 3.05) is 6.61 Å². The van der Waals surface area contributed by atoms with Gasteiger partial charge in [0.2, 0.25) is 0 Å². The smallest absolute Gasteiger partial charge is 0.459 e. The Morgan fingerprint density at radius 2 is 2.06 bits per heavy atom. The Hall–Kier alpha value is -2.83. The van der Waals surface area contributed by atoms with E-state index in [4.69, 9.17) is 26.7 Å². The van der Waals surface area contributed by atoms with Crippen LogP contribution in [0, 0.1) is 0 Å². The Bertz CT molecular complexity index is 1410. The minimum absolute atomic E-state index is 0.0300. The van der Waals surface area contributed by atoms with E-state index in [1.165, 1.54) is 24.3 Å². The van der Waals surface area contributed by atoms with Crippen LogP contribution in [0.4, 0.5) is 4.39 Å². The fourth-order valence-electron chi connectivity index (χ4n) is 3.35. The maximum Gasteiger partial charge on any atom is 0.459 e. The summed E-state index contributed by atoms with van der Waals surface area (Å²) < 4.78 is 95.3. The zero-order chi connectivity index (χ0) is 31.7. The van der Waals surface area contributed by atoms with Gasteiger partial charge < -0.3 is 19.1 Å². The SMILES string of the molecule is [2H]C([2H])([2H])C(OC(=O)[C@H](C)N[P@](=O)(OC[C@H]1O[C@@H](n2ccc(=O)[nH]c2=O)[C@](C)(F)[C@@H]1O)Oc1ccccc1)C([2H])([2H])[2H]. The molecule has 0 unspecified atom stereocenters. The van der Waals surface area contributed by atoms with E-state index in [1.54, 1.807) is 6.07 Å². The van der Waals surface area contributed by atoms with E-state index in [1.807, 2.05) is 4.98 Å². The molecule has 1 aliphatic rings. The molecule has 14 heteroatoms. The predicted octanol–water partition coefficient (Wildman–Crippen LogP) is 1.66. The fraction of sp³-hybridized carbons (Fsp3) is 0.500. The number of aliphatic hydroxyl groups excluding tert-OH is 1. The van der Waals surface area contributed by atoms with Crippen molar-refractivity contribution in [2.24, 2.45) is 0 Å². The van der Waals surface area contributed by atoms with Gasteiger partial charge in [-0.3, -0.25) is 23.7 Å². The molecule has 1 aromatic carbocycles. The van der Waals surface area contributed by atoms with E-state index in [0.29, 0.717) is 4.57 Å². The lowest BCUT2D eigenvalue weighted by atomic mass is 9.98. The fourth-order valence-corrected chi connectivity index (χ4v) is 4.85. The quantitative estimate of drug-likeness (QED) is 0.302. The van der Waals surface area contributed by atoms with E-state index in [0.717, 1.165) is 26.1 Å². The van der Waals surface area contributed by atoms with Crippen LogP contribution in [-0.2, 0) is 23.4 Å². The first-order valence-corrected chi connectivity index (χ1v) is 12.1. The van der Waals surface area contributed by atoms with Gasteiger partial charge in [0.15, 0.2) is 11.9 Å². The first-order chi connectivity index (χ1) is 19.2. The lowest BCUT2D eigenvalue weighted by molar-refractivity contribution is -0.149. The molecule has 2 aromatic rings. The number of H-pyrrole nitrogens is 1. The number of para-hydroxylation sites is 1. The zero-order valence-corrected chi connectivity index (χ0v) is 20.0. The molecule has 3 rings (SSSR count). The lowest BCUT2D eigenvalue weighted by Gasteiger charge is -2.25. The van der Waals surface area contributed by atoms with Crippen molar-refractivity contribution in [2.45, 2.75) is 63.8 Å². The lowest BCUT2D eigenvalue weighted by Crippen LogP contribution is -2.43. The van der Waals surface area contributed by atoms with Crippen LogP contribution >= 0.6 is 7.75 Å². The van der Waals surface area contributed by atoms with Crippen LogP contribution < -0.4 is 20.9 Å². The average Bonchev–Trinajstić information content (AvgIpc) is 3.08. The second-order valence-corrected chi connectivity index (χ2v) is 9.70. The number of hydrogen-bond donors (Lipinski definition) is 3. The molecule has 198 valence electrons. The molecule has 1 aromatic heterocycles. The summed E-state index contributed by atoms with van der Waals surface area (Å²) in [5.41, 5.74) is -4.38. The van der Waals surface area contributed by atoms with Gasteiger partial charge in [0.25, 0.3) is 5.56 Å². The molecule has 0 bridgehead atoms. The highest BCUT2D eigenvalue weighted by Crippen LogP contribution is 2.47. The number of nitrogens with zero attached hydrogens (tertiary/aromatic N) is 1. The number of nitrogens with one attached hydrogen (secondary N) is 2. The van der Waals surface area contributed by atoms with Gasteiger partial charge in [-0.2, -0.15) is 5.09 Å². The molecule has 0 amide bonds. The minimum atomic E-state index is -4.67. The van der Waals surface area contributed by atoms with E-state index in [-0.39, 0.29) is 5.75 Å². The molecule has 36 heavy (non-hydrogen) atoms. The van der Waals surface area contributed by atoms with Crippen molar-refractivity contribution in [1.29, 1.82) is 0 Å². The first-order valence-electron chi connectivity index (χ1n) is 13.6. The summed E-state index contributed by atoms with van der Waals surface area (Å²) in [6.45, 7) is -5.24. The highest BCUT2D eigenvalue weighted by atomic mass is 31.2. The summed E-state index contributed by atoms with van der Waals surface area (Å²) in [4.78, 5) is 38.2. The van der Waals surface area contributed by atoms with Gasteiger partial charge in [-0.05, 0) is 39.7 Å².